The van der Waals surface area contributed by atoms with Crippen molar-refractivity contribution < 1.29 is 14.6 Å². The molecule has 2 aromatic rings. The van der Waals surface area contributed by atoms with E-state index < -0.39 is 17.0 Å². The molecule has 0 fully saturated rings. The minimum Gasteiger partial charge on any atom is -0.481 e. The predicted octanol–water partition coefficient (Wildman–Crippen LogP) is 4.53. The summed E-state index contributed by atoms with van der Waals surface area (Å²) >= 11 is 0. The maximum absolute atomic E-state index is 12.3. The summed E-state index contributed by atoms with van der Waals surface area (Å²) in [6.07, 6.45) is 4.64. The summed E-state index contributed by atoms with van der Waals surface area (Å²) in [5.74, 6) is 5.51. The summed E-state index contributed by atoms with van der Waals surface area (Å²) in [5.41, 5.74) is 9.92. The second kappa shape index (κ2) is 11.5. The van der Waals surface area contributed by atoms with Crippen LogP contribution in [0.15, 0.2) is 48.4 Å². The van der Waals surface area contributed by atoms with E-state index in [2.05, 4.69) is 54.9 Å². The normalized spacial score (nSPS) is 16.9. The highest BCUT2D eigenvalue weighted by Gasteiger charge is 2.38. The highest BCUT2D eigenvalue weighted by Crippen LogP contribution is 2.41. The van der Waals surface area contributed by atoms with Crippen LogP contribution >= 0.6 is 0 Å². The summed E-state index contributed by atoms with van der Waals surface area (Å²) < 4.78 is 6.22. The highest BCUT2D eigenvalue weighted by molar-refractivity contribution is 5.75. The van der Waals surface area contributed by atoms with Gasteiger partial charge in [0, 0.05) is 49.8 Å². The van der Waals surface area contributed by atoms with Crippen LogP contribution in [0.2, 0.25) is 0 Å². The quantitative estimate of drug-likeness (QED) is 0.316. The van der Waals surface area contributed by atoms with Crippen LogP contribution in [0.25, 0.3) is 0 Å². The third kappa shape index (κ3) is 7.23. The number of nitrogens with zero attached hydrogens (tertiary/aromatic N) is 3. The topological polar surface area (TPSA) is 118 Å². The van der Waals surface area contributed by atoms with Crippen molar-refractivity contribution in [2.75, 3.05) is 13.1 Å². The number of hydrogen-bond donors (Lipinski definition) is 3. The van der Waals surface area contributed by atoms with Crippen molar-refractivity contribution in [2.24, 2.45) is 17.0 Å². The van der Waals surface area contributed by atoms with Crippen LogP contribution in [-0.2, 0) is 17.9 Å². The molecule has 8 heteroatoms. The fourth-order valence-corrected chi connectivity index (χ4v) is 4.97. The molecule has 0 saturated carbocycles. The Kier molecular flexibility index (Phi) is 8.87. The molecule has 2 heterocycles. The monoisotopic (exact) mass is 509 g/mol. The van der Waals surface area contributed by atoms with Crippen LogP contribution in [-0.4, -0.2) is 44.7 Å². The summed E-state index contributed by atoms with van der Waals surface area (Å²) in [5, 5.41) is 11.6. The number of rotatable bonds is 10. The first-order valence-corrected chi connectivity index (χ1v) is 13.0. The SMILES string of the molecule is CCN(N)/C=C(\N)CCC(c1ccc(C)c(CN2Cc3cccnc3OC(C)(C)C2)c1)C(C)(C)C(=O)O. The predicted molar refractivity (Wildman–Crippen MR) is 146 cm³/mol. The fourth-order valence-electron chi connectivity index (χ4n) is 4.97. The zero-order chi connectivity index (χ0) is 27.4. The first kappa shape index (κ1) is 28.5. The number of nitrogens with two attached hydrogens (primary N) is 2. The van der Waals surface area contributed by atoms with Crippen LogP contribution in [0.4, 0.5) is 0 Å². The molecule has 1 aromatic carbocycles. The zero-order valence-electron chi connectivity index (χ0n) is 23.1. The number of aliphatic carboxylic acids is 1. The van der Waals surface area contributed by atoms with Crippen molar-refractivity contribution in [3.63, 3.8) is 0 Å². The number of carboxylic acid groups (broad SMARTS) is 1. The number of carboxylic acids is 1. The van der Waals surface area contributed by atoms with Crippen molar-refractivity contribution >= 4 is 5.97 Å². The average Bonchev–Trinajstić information content (AvgIpc) is 2.94. The molecular weight excluding hydrogens is 466 g/mol. The van der Waals surface area contributed by atoms with Crippen molar-refractivity contribution in [1.29, 1.82) is 0 Å². The van der Waals surface area contributed by atoms with Gasteiger partial charge in [-0.3, -0.25) is 9.69 Å². The van der Waals surface area contributed by atoms with E-state index in [1.165, 1.54) is 16.1 Å². The Bertz CT molecular complexity index is 1130. The minimum absolute atomic E-state index is 0.224. The molecule has 3 rings (SSSR count). The number of carbonyl (C=O) groups is 1. The zero-order valence-corrected chi connectivity index (χ0v) is 23.1. The number of allylic oxidation sites excluding steroid dienone is 1. The molecule has 37 heavy (non-hydrogen) atoms. The Hall–Kier alpha value is -3.10. The van der Waals surface area contributed by atoms with Crippen molar-refractivity contribution in [3.05, 3.63) is 70.7 Å². The molecular formula is C29H43N5O3. The third-order valence-corrected chi connectivity index (χ3v) is 7.23. The molecule has 1 aromatic heterocycles. The molecule has 0 saturated heterocycles. The van der Waals surface area contributed by atoms with Crippen molar-refractivity contribution in [3.8, 4) is 5.88 Å². The van der Waals surface area contributed by atoms with Gasteiger partial charge in [0.2, 0.25) is 5.88 Å². The molecule has 0 aliphatic carbocycles. The molecule has 8 nitrogen and oxygen atoms in total. The Labute approximate surface area is 221 Å². The average molecular weight is 510 g/mol. The number of aryl methyl sites for hydroxylation is 1. The standard InChI is InChI=1S/C29H43N5O3/c1-7-34(31)18-24(30)12-13-25(29(5,6)27(35)36)21-11-10-20(2)23(15-21)17-33-16-22-9-8-14-32-26(22)37-28(3,4)19-33/h8-11,14-15,18,25H,7,12-13,16-17,19,30-31H2,1-6H3,(H,35,36)/b24-18-. The summed E-state index contributed by atoms with van der Waals surface area (Å²) in [6.45, 7) is 14.6. The number of hydrazine groups is 1. The Morgan fingerprint density at radius 1 is 1.35 bits per heavy atom. The van der Waals surface area contributed by atoms with Gasteiger partial charge < -0.3 is 20.6 Å². The van der Waals surface area contributed by atoms with Crippen LogP contribution < -0.4 is 16.3 Å². The number of benzene rings is 1. The van der Waals surface area contributed by atoms with E-state index in [-0.39, 0.29) is 5.92 Å². The lowest BCUT2D eigenvalue weighted by Crippen LogP contribution is -2.40. The van der Waals surface area contributed by atoms with Gasteiger partial charge in [-0.05, 0) is 83.1 Å². The fraction of sp³-hybridized carbons (Fsp3) is 0.517. The van der Waals surface area contributed by atoms with Crippen molar-refractivity contribution in [2.45, 2.75) is 79.0 Å². The Morgan fingerprint density at radius 3 is 2.76 bits per heavy atom. The summed E-state index contributed by atoms with van der Waals surface area (Å²) in [4.78, 5) is 19.1. The molecule has 202 valence electrons. The first-order valence-electron chi connectivity index (χ1n) is 13.0. The van der Waals surface area contributed by atoms with Gasteiger partial charge >= 0.3 is 5.97 Å². The smallest absolute Gasteiger partial charge is 0.309 e. The second-order valence-corrected chi connectivity index (χ2v) is 11.3. The van der Waals surface area contributed by atoms with E-state index in [1.807, 2.05) is 13.0 Å². The van der Waals surface area contributed by atoms with Gasteiger partial charge in [-0.25, -0.2) is 10.8 Å². The molecule has 1 aliphatic rings. The van der Waals surface area contributed by atoms with Crippen LogP contribution in [0.3, 0.4) is 0 Å². The van der Waals surface area contributed by atoms with E-state index in [9.17, 15) is 9.90 Å². The van der Waals surface area contributed by atoms with Gasteiger partial charge in [0.15, 0.2) is 0 Å². The third-order valence-electron chi connectivity index (χ3n) is 7.23. The van der Waals surface area contributed by atoms with E-state index in [0.29, 0.717) is 31.0 Å². The molecule has 1 atom stereocenters. The molecule has 0 radical (unpaired) electrons. The summed E-state index contributed by atoms with van der Waals surface area (Å²) in [6, 6.07) is 10.3. The number of ether oxygens (including phenoxy) is 1. The van der Waals surface area contributed by atoms with Gasteiger partial charge in [-0.1, -0.05) is 24.3 Å². The molecule has 5 N–H and O–H groups in total. The number of aromatic nitrogens is 1. The molecule has 0 bridgehead atoms. The van der Waals surface area contributed by atoms with Gasteiger partial charge in [0.1, 0.15) is 5.60 Å². The van der Waals surface area contributed by atoms with Crippen LogP contribution in [0.1, 0.15) is 75.6 Å². The number of pyridine rings is 1. The minimum atomic E-state index is -0.969. The van der Waals surface area contributed by atoms with Crippen molar-refractivity contribution in [1.82, 2.24) is 14.9 Å². The van der Waals surface area contributed by atoms with Crippen LogP contribution in [0, 0.1) is 12.3 Å². The van der Waals surface area contributed by atoms with E-state index >= 15 is 0 Å². The molecule has 0 spiro atoms. The van der Waals surface area contributed by atoms with Gasteiger partial charge in [-0.15, -0.1) is 0 Å². The van der Waals surface area contributed by atoms with Gasteiger partial charge in [-0.2, -0.15) is 0 Å². The Morgan fingerprint density at radius 2 is 2.08 bits per heavy atom. The largest absolute Gasteiger partial charge is 0.481 e. The van der Waals surface area contributed by atoms with E-state index in [0.717, 1.165) is 30.8 Å². The molecule has 1 unspecified atom stereocenters. The summed E-state index contributed by atoms with van der Waals surface area (Å²) in [7, 11) is 0. The second-order valence-electron chi connectivity index (χ2n) is 11.3. The number of hydrogen-bond acceptors (Lipinski definition) is 7. The van der Waals surface area contributed by atoms with Crippen LogP contribution in [0.5, 0.6) is 5.88 Å². The lowest BCUT2D eigenvalue weighted by molar-refractivity contribution is -0.148. The number of fused-ring (bicyclic) bond motifs is 1. The van der Waals surface area contributed by atoms with E-state index in [4.69, 9.17) is 16.3 Å². The maximum Gasteiger partial charge on any atom is 0.309 e. The highest BCUT2D eigenvalue weighted by atomic mass is 16.5. The Balaban J connectivity index is 1.90. The first-order chi connectivity index (χ1) is 17.3. The lowest BCUT2D eigenvalue weighted by atomic mass is 9.72. The maximum atomic E-state index is 12.3. The molecule has 0 amide bonds. The molecule has 1 aliphatic heterocycles. The van der Waals surface area contributed by atoms with Gasteiger partial charge in [0.05, 0.1) is 5.41 Å². The van der Waals surface area contributed by atoms with E-state index in [1.54, 1.807) is 26.2 Å². The van der Waals surface area contributed by atoms with Gasteiger partial charge in [0.25, 0.3) is 0 Å². The lowest BCUT2D eigenvalue weighted by Gasteiger charge is -2.32.